The molecular formula is C30H41N3O3. The van der Waals surface area contributed by atoms with E-state index in [2.05, 4.69) is 41.3 Å². The van der Waals surface area contributed by atoms with Crippen molar-refractivity contribution < 1.29 is 14.3 Å². The molecule has 2 N–H and O–H groups in total. The maximum atomic E-state index is 12.8. The molecule has 0 aromatic heterocycles. The summed E-state index contributed by atoms with van der Waals surface area (Å²) in [5.41, 5.74) is 7.72. The number of anilines is 1. The van der Waals surface area contributed by atoms with Gasteiger partial charge in [-0.1, -0.05) is 56.5 Å². The Bertz CT molecular complexity index is 965. The number of nitrogens with zero attached hydrogens (tertiary/aromatic N) is 2. The molecular weight excluding hydrogens is 450 g/mol. The molecule has 0 radical (unpaired) electrons. The zero-order chi connectivity index (χ0) is 25.3. The molecule has 2 aromatic rings. The molecule has 1 atom stereocenters. The normalized spacial score (nSPS) is 18.0. The van der Waals surface area contributed by atoms with Crippen molar-refractivity contribution >= 4 is 17.5 Å². The molecule has 2 fully saturated rings. The van der Waals surface area contributed by atoms with Crippen LogP contribution in [0.1, 0.15) is 70.3 Å². The molecule has 0 spiro atoms. The second kappa shape index (κ2) is 12.8. The van der Waals surface area contributed by atoms with Gasteiger partial charge in [-0.25, -0.2) is 0 Å². The molecule has 2 aliphatic rings. The number of amides is 2. The fourth-order valence-electron chi connectivity index (χ4n) is 5.77. The minimum atomic E-state index is -0.339. The number of carbonyl (C=O) groups excluding carboxylic acids is 2. The molecule has 36 heavy (non-hydrogen) atoms. The van der Waals surface area contributed by atoms with Gasteiger partial charge in [0.25, 0.3) is 0 Å². The summed E-state index contributed by atoms with van der Waals surface area (Å²) in [6, 6.07) is 19.8. The number of piperidine rings is 1. The summed E-state index contributed by atoms with van der Waals surface area (Å²) < 4.78 is 6.02. The van der Waals surface area contributed by atoms with E-state index >= 15 is 0 Å². The van der Waals surface area contributed by atoms with Crippen LogP contribution in [0.5, 0.6) is 5.75 Å². The summed E-state index contributed by atoms with van der Waals surface area (Å²) in [5, 5.41) is 0. The number of hydrogen-bond acceptors (Lipinski definition) is 4. The van der Waals surface area contributed by atoms with Crippen LogP contribution in [0, 0.1) is 5.92 Å². The predicted molar refractivity (Wildman–Crippen MR) is 144 cm³/mol. The maximum absolute atomic E-state index is 12.8. The van der Waals surface area contributed by atoms with Crippen LogP contribution in [-0.2, 0) is 16.2 Å². The monoisotopic (exact) mass is 491 g/mol. The molecule has 1 heterocycles. The molecule has 1 saturated heterocycles. The second-order valence-electron chi connectivity index (χ2n) is 10.6. The molecule has 1 aliphatic heterocycles. The van der Waals surface area contributed by atoms with E-state index in [1.165, 1.54) is 37.8 Å². The number of ether oxygens (including phenoxy) is 1. The molecule has 1 saturated carbocycles. The Hall–Kier alpha value is -3.02. The summed E-state index contributed by atoms with van der Waals surface area (Å²) in [6.45, 7) is 4.03. The molecule has 6 nitrogen and oxygen atoms in total. The molecule has 2 amide bonds. The van der Waals surface area contributed by atoms with E-state index < -0.39 is 0 Å². The highest BCUT2D eigenvalue weighted by atomic mass is 16.5. The minimum Gasteiger partial charge on any atom is -0.489 e. The average molecular weight is 492 g/mol. The van der Waals surface area contributed by atoms with Crippen LogP contribution in [0.3, 0.4) is 0 Å². The molecule has 4 rings (SSSR count). The lowest BCUT2D eigenvalue weighted by Crippen LogP contribution is -2.51. The number of benzene rings is 2. The lowest BCUT2D eigenvalue weighted by Gasteiger charge is -2.45. The first kappa shape index (κ1) is 26.1. The second-order valence-corrected chi connectivity index (χ2v) is 10.6. The lowest BCUT2D eigenvalue weighted by atomic mass is 9.90. The third kappa shape index (κ3) is 7.25. The summed E-state index contributed by atoms with van der Waals surface area (Å²) in [7, 11) is 0. The van der Waals surface area contributed by atoms with Crippen LogP contribution >= 0.6 is 0 Å². The first-order chi connectivity index (χ1) is 17.5. The molecule has 2 aromatic carbocycles. The molecule has 6 heteroatoms. The number of carbonyl (C=O) groups is 2. The zero-order valence-corrected chi connectivity index (χ0v) is 21.6. The molecule has 194 valence electrons. The summed E-state index contributed by atoms with van der Waals surface area (Å²) >= 11 is 0. The van der Waals surface area contributed by atoms with Crippen molar-refractivity contribution in [1.82, 2.24) is 4.90 Å². The van der Waals surface area contributed by atoms with Crippen LogP contribution in [0.2, 0.25) is 0 Å². The van der Waals surface area contributed by atoms with Crippen molar-refractivity contribution in [2.75, 3.05) is 18.0 Å². The molecule has 1 unspecified atom stereocenters. The van der Waals surface area contributed by atoms with Crippen molar-refractivity contribution in [3.8, 4) is 5.75 Å². The SMILES string of the molecule is CC(CC(N)=O)CC(=O)N1CCC(N(c2ccc(OCc3ccccc3)cc2)C2CCCCC2)CC1. The first-order valence-electron chi connectivity index (χ1n) is 13.6. The van der Waals surface area contributed by atoms with E-state index in [1.54, 1.807) is 0 Å². The number of primary amides is 1. The zero-order valence-electron chi connectivity index (χ0n) is 21.6. The van der Waals surface area contributed by atoms with Gasteiger partial charge < -0.3 is 20.3 Å². The van der Waals surface area contributed by atoms with Gasteiger partial charge in [0.15, 0.2) is 0 Å². The third-order valence-corrected chi connectivity index (χ3v) is 7.63. The Morgan fingerprint density at radius 3 is 2.19 bits per heavy atom. The highest BCUT2D eigenvalue weighted by molar-refractivity contribution is 5.78. The first-order valence-corrected chi connectivity index (χ1v) is 13.6. The number of rotatable bonds is 10. The van der Waals surface area contributed by atoms with Gasteiger partial charge in [0, 0.05) is 43.7 Å². The summed E-state index contributed by atoms with van der Waals surface area (Å²) in [6.07, 6.45) is 8.96. The Kier molecular flexibility index (Phi) is 9.26. The van der Waals surface area contributed by atoms with Gasteiger partial charge in [0.2, 0.25) is 11.8 Å². The van der Waals surface area contributed by atoms with Gasteiger partial charge in [-0.05, 0) is 61.4 Å². The standard InChI is InChI=1S/C30H41N3O3/c1-23(20-29(31)34)21-30(35)32-18-16-27(17-19-32)33(25-10-6-3-7-11-25)26-12-14-28(15-13-26)36-22-24-8-4-2-5-9-24/h2,4-5,8-9,12-15,23,25,27H,3,6-7,10-11,16-22H2,1H3,(H2,31,34). The Morgan fingerprint density at radius 1 is 0.917 bits per heavy atom. The smallest absolute Gasteiger partial charge is 0.222 e. The van der Waals surface area contributed by atoms with Crippen molar-refractivity contribution in [1.29, 1.82) is 0 Å². The van der Waals surface area contributed by atoms with Gasteiger partial charge in [-0.3, -0.25) is 9.59 Å². The average Bonchev–Trinajstić information content (AvgIpc) is 2.89. The minimum absolute atomic E-state index is 0.00548. The highest BCUT2D eigenvalue weighted by Crippen LogP contribution is 2.33. The van der Waals surface area contributed by atoms with Crippen LogP contribution < -0.4 is 15.4 Å². The number of hydrogen-bond donors (Lipinski definition) is 1. The van der Waals surface area contributed by atoms with Crippen LogP contribution in [0.4, 0.5) is 5.69 Å². The third-order valence-electron chi connectivity index (χ3n) is 7.63. The number of nitrogens with two attached hydrogens (primary N) is 1. The van der Waals surface area contributed by atoms with E-state index in [-0.39, 0.29) is 24.2 Å². The van der Waals surface area contributed by atoms with Crippen LogP contribution in [0.15, 0.2) is 54.6 Å². The quantitative estimate of drug-likeness (QED) is 0.489. The summed E-state index contributed by atoms with van der Waals surface area (Å²) in [5.74, 6) is 0.686. The van der Waals surface area contributed by atoms with Gasteiger partial charge in [0.1, 0.15) is 12.4 Å². The van der Waals surface area contributed by atoms with E-state index in [9.17, 15) is 9.59 Å². The van der Waals surface area contributed by atoms with Crippen molar-refractivity contribution in [3.63, 3.8) is 0 Å². The van der Waals surface area contributed by atoms with E-state index in [0.717, 1.165) is 37.2 Å². The van der Waals surface area contributed by atoms with Crippen molar-refractivity contribution in [2.24, 2.45) is 11.7 Å². The van der Waals surface area contributed by atoms with Crippen molar-refractivity contribution in [3.05, 3.63) is 60.2 Å². The molecule has 1 aliphatic carbocycles. The van der Waals surface area contributed by atoms with Crippen LogP contribution in [-0.4, -0.2) is 41.9 Å². The Morgan fingerprint density at radius 2 is 1.56 bits per heavy atom. The van der Waals surface area contributed by atoms with Gasteiger partial charge in [-0.2, -0.15) is 0 Å². The van der Waals surface area contributed by atoms with Gasteiger partial charge in [0.05, 0.1) is 0 Å². The largest absolute Gasteiger partial charge is 0.489 e. The van der Waals surface area contributed by atoms with E-state index in [1.807, 2.05) is 30.0 Å². The van der Waals surface area contributed by atoms with E-state index in [4.69, 9.17) is 10.5 Å². The number of likely N-dealkylation sites (tertiary alicyclic amines) is 1. The molecule has 0 bridgehead atoms. The van der Waals surface area contributed by atoms with Gasteiger partial charge >= 0.3 is 0 Å². The van der Waals surface area contributed by atoms with Crippen LogP contribution in [0.25, 0.3) is 0 Å². The maximum Gasteiger partial charge on any atom is 0.222 e. The lowest BCUT2D eigenvalue weighted by molar-refractivity contribution is -0.133. The fourth-order valence-corrected chi connectivity index (χ4v) is 5.77. The Labute approximate surface area is 215 Å². The predicted octanol–water partition coefficient (Wildman–Crippen LogP) is 5.30. The van der Waals surface area contributed by atoms with Gasteiger partial charge in [-0.15, -0.1) is 0 Å². The highest BCUT2D eigenvalue weighted by Gasteiger charge is 2.32. The van der Waals surface area contributed by atoms with E-state index in [0.29, 0.717) is 25.1 Å². The topological polar surface area (TPSA) is 75.9 Å². The Balaban J connectivity index is 1.38. The van der Waals surface area contributed by atoms with Crippen molar-refractivity contribution in [2.45, 2.75) is 83.4 Å². The summed E-state index contributed by atoms with van der Waals surface area (Å²) in [4.78, 5) is 28.6. The fraction of sp³-hybridized carbons (Fsp3) is 0.533.